The molecule has 0 aromatic carbocycles. The van der Waals surface area contributed by atoms with Gasteiger partial charge in [0.1, 0.15) is 6.04 Å². The minimum Gasteiger partial charge on any atom is -0.481 e. The monoisotopic (exact) mass is 852 g/mol. The standard InChI is InChI=1S/C42H68N4O14/c1-24(7-12-35(51)52)27-8-9-28-39-29(20-32(48)42(27,28)3)41(2)14-13-26(18-25(41)19-31(39)47)44-34(50)11-10-33(49)43-15-5-4-6-30(40(59)60)46(23-38(57)58)17-16-45(21-36(53)54)22-37(55)56/h24-32,39,47-48H,4-23H2,1-3H3,(H,43,49)(H,44,50)(H,51,52)(H,53,54)(H,55,56)(H,57,58)(H,59,60)/t24?,25-,26-,27+,28?,29?,30-,31+,32-,39?,41-,42+/m0/s1. The van der Waals surface area contributed by atoms with Crippen LogP contribution in [0.25, 0.3) is 0 Å². The van der Waals surface area contributed by atoms with Gasteiger partial charge in [-0.25, -0.2) is 0 Å². The first-order chi connectivity index (χ1) is 28.2. The maximum absolute atomic E-state index is 13.0. The minimum absolute atomic E-state index is 0.0229. The molecule has 0 radical (unpaired) electrons. The third-order valence-electron chi connectivity index (χ3n) is 15.0. The van der Waals surface area contributed by atoms with E-state index in [0.717, 1.165) is 35.5 Å². The molecule has 4 rings (SSSR count). The summed E-state index contributed by atoms with van der Waals surface area (Å²) in [5, 5.41) is 76.0. The minimum atomic E-state index is -1.30. The number of hydrogen-bond donors (Lipinski definition) is 9. The van der Waals surface area contributed by atoms with E-state index in [1.807, 2.05) is 0 Å². The molecule has 0 aliphatic heterocycles. The molecule has 340 valence electrons. The molecule has 4 fully saturated rings. The number of carbonyl (C=O) groups is 7. The first kappa shape index (κ1) is 48.8. The van der Waals surface area contributed by atoms with Crippen molar-refractivity contribution in [3.05, 3.63) is 0 Å². The van der Waals surface area contributed by atoms with Crippen LogP contribution in [0.4, 0.5) is 0 Å². The summed E-state index contributed by atoms with van der Waals surface area (Å²) in [6.07, 6.45) is 5.57. The predicted octanol–water partition coefficient (Wildman–Crippen LogP) is 1.95. The number of aliphatic hydroxyl groups is 2. The second-order valence-electron chi connectivity index (χ2n) is 18.6. The number of unbranched alkanes of at least 4 members (excludes halogenated alkanes) is 1. The van der Waals surface area contributed by atoms with Gasteiger partial charge in [0.15, 0.2) is 0 Å². The van der Waals surface area contributed by atoms with E-state index in [4.69, 9.17) is 10.2 Å². The maximum atomic E-state index is 13.0. The Hall–Kier alpha value is -3.87. The summed E-state index contributed by atoms with van der Waals surface area (Å²) in [5.41, 5.74) is -0.484. The highest BCUT2D eigenvalue weighted by molar-refractivity contribution is 5.83. The fourth-order valence-electron chi connectivity index (χ4n) is 12.0. The Morgan fingerprint density at radius 1 is 0.717 bits per heavy atom. The van der Waals surface area contributed by atoms with E-state index in [2.05, 4.69) is 31.4 Å². The molecule has 12 atom stereocenters. The van der Waals surface area contributed by atoms with Gasteiger partial charge in [-0.1, -0.05) is 20.8 Å². The summed E-state index contributed by atoms with van der Waals surface area (Å²) in [7, 11) is 0. The molecule has 0 aromatic heterocycles. The number of aliphatic hydroxyl groups excluding tert-OH is 2. The number of nitrogens with one attached hydrogen (secondary N) is 2. The first-order valence-corrected chi connectivity index (χ1v) is 21.7. The van der Waals surface area contributed by atoms with Gasteiger partial charge < -0.3 is 46.4 Å². The third kappa shape index (κ3) is 12.2. The van der Waals surface area contributed by atoms with Gasteiger partial charge in [0, 0.05) is 44.9 Å². The van der Waals surface area contributed by atoms with Crippen molar-refractivity contribution in [3.63, 3.8) is 0 Å². The van der Waals surface area contributed by atoms with Crippen molar-refractivity contribution in [1.82, 2.24) is 20.4 Å². The zero-order valence-electron chi connectivity index (χ0n) is 35.3. The molecule has 2 amide bonds. The number of carboxylic acids is 5. The molecule has 0 saturated heterocycles. The third-order valence-corrected chi connectivity index (χ3v) is 15.0. The molecule has 4 unspecified atom stereocenters. The van der Waals surface area contributed by atoms with Gasteiger partial charge in [0.05, 0.1) is 31.8 Å². The van der Waals surface area contributed by atoms with E-state index in [-0.39, 0.29) is 110 Å². The molecular formula is C42H68N4O14. The molecular weight excluding hydrogens is 784 g/mol. The van der Waals surface area contributed by atoms with Crippen LogP contribution in [0.15, 0.2) is 0 Å². The predicted molar refractivity (Wildman–Crippen MR) is 214 cm³/mol. The van der Waals surface area contributed by atoms with Gasteiger partial charge in [-0.2, -0.15) is 0 Å². The van der Waals surface area contributed by atoms with E-state index < -0.39 is 67.7 Å². The smallest absolute Gasteiger partial charge is 0.320 e. The molecule has 9 N–H and O–H groups in total. The number of nitrogens with zero attached hydrogens (tertiary/aromatic N) is 2. The zero-order chi connectivity index (χ0) is 44.5. The zero-order valence-corrected chi connectivity index (χ0v) is 35.3. The topological polar surface area (TPSA) is 292 Å². The average molecular weight is 853 g/mol. The van der Waals surface area contributed by atoms with E-state index in [1.54, 1.807) is 0 Å². The van der Waals surface area contributed by atoms with Gasteiger partial charge in [-0.15, -0.1) is 0 Å². The summed E-state index contributed by atoms with van der Waals surface area (Å²) in [4.78, 5) is 85.0. The van der Waals surface area contributed by atoms with Crippen molar-refractivity contribution in [2.75, 3.05) is 39.3 Å². The Morgan fingerprint density at radius 2 is 1.37 bits per heavy atom. The number of aliphatic carboxylic acids is 5. The van der Waals surface area contributed by atoms with Crippen LogP contribution < -0.4 is 10.6 Å². The summed E-state index contributed by atoms with van der Waals surface area (Å²) in [6.45, 7) is 4.48. The van der Waals surface area contributed by atoms with Crippen molar-refractivity contribution in [2.45, 2.75) is 135 Å². The lowest BCUT2D eigenvalue weighted by Crippen LogP contribution is -2.63. The molecule has 18 nitrogen and oxygen atoms in total. The van der Waals surface area contributed by atoms with E-state index in [1.165, 1.54) is 0 Å². The number of fused-ring (bicyclic) bond motifs is 5. The first-order valence-electron chi connectivity index (χ1n) is 21.7. The van der Waals surface area contributed by atoms with Crippen LogP contribution >= 0.6 is 0 Å². The number of hydrogen-bond acceptors (Lipinski definition) is 11. The fraction of sp³-hybridized carbons (Fsp3) is 0.833. The Balaban J connectivity index is 1.21. The molecule has 0 aromatic rings. The molecule has 0 spiro atoms. The molecule has 4 aliphatic rings. The lowest BCUT2D eigenvalue weighted by molar-refractivity contribution is -0.202. The summed E-state index contributed by atoms with van der Waals surface area (Å²) < 4.78 is 0. The highest BCUT2D eigenvalue weighted by atomic mass is 16.4. The molecule has 0 heterocycles. The van der Waals surface area contributed by atoms with Crippen LogP contribution in [-0.2, 0) is 33.6 Å². The normalized spacial score (nSPS) is 31.9. The molecule has 18 heteroatoms. The van der Waals surface area contributed by atoms with Crippen molar-refractivity contribution in [2.24, 2.45) is 46.3 Å². The number of carbonyl (C=O) groups excluding carboxylic acids is 2. The van der Waals surface area contributed by atoms with Gasteiger partial charge in [-0.05, 0) is 117 Å². The summed E-state index contributed by atoms with van der Waals surface area (Å²) in [5.74, 6) is -5.72. The average Bonchev–Trinajstić information content (AvgIpc) is 3.51. The highest BCUT2D eigenvalue weighted by Crippen LogP contribution is 2.68. The quantitative estimate of drug-likeness (QED) is 0.0627. The van der Waals surface area contributed by atoms with Crippen LogP contribution in [0.2, 0.25) is 0 Å². The Morgan fingerprint density at radius 3 is 1.98 bits per heavy atom. The van der Waals surface area contributed by atoms with Gasteiger partial charge >= 0.3 is 29.8 Å². The van der Waals surface area contributed by atoms with Crippen LogP contribution in [0.3, 0.4) is 0 Å². The lowest BCUT2D eigenvalue weighted by Gasteiger charge is -2.63. The van der Waals surface area contributed by atoms with Crippen molar-refractivity contribution in [3.8, 4) is 0 Å². The van der Waals surface area contributed by atoms with E-state index in [0.29, 0.717) is 38.5 Å². The van der Waals surface area contributed by atoms with E-state index in [9.17, 15) is 59.1 Å². The number of amides is 2. The van der Waals surface area contributed by atoms with Crippen molar-refractivity contribution in [1.29, 1.82) is 0 Å². The molecule has 4 aliphatic carbocycles. The number of carboxylic acid groups (broad SMARTS) is 5. The van der Waals surface area contributed by atoms with Crippen LogP contribution in [0.1, 0.15) is 111 Å². The Bertz CT molecular complexity index is 1550. The number of rotatable bonds is 24. The Kier molecular flexibility index (Phi) is 17.3. The van der Waals surface area contributed by atoms with Crippen molar-refractivity contribution >= 4 is 41.7 Å². The summed E-state index contributed by atoms with van der Waals surface area (Å²) in [6, 6.07) is -1.35. The maximum Gasteiger partial charge on any atom is 0.320 e. The second kappa shape index (κ2) is 21.3. The van der Waals surface area contributed by atoms with Gasteiger partial charge in [0.25, 0.3) is 0 Å². The SMILES string of the molecule is CC(CCC(=O)O)[C@H]1CCC2C3C(C[C@H](O)[C@@]21C)[C@@]1(C)CC[C@H](NC(=O)CCC(=O)NCCCC[C@@H](C(=O)O)N(CCN(CC(=O)O)CC(=O)O)CC(=O)O)C[C@H]1C[C@H]3O. The van der Waals surface area contributed by atoms with Crippen LogP contribution in [-0.4, -0.2) is 151 Å². The summed E-state index contributed by atoms with van der Waals surface area (Å²) >= 11 is 0. The van der Waals surface area contributed by atoms with Gasteiger partial charge in [-0.3, -0.25) is 43.4 Å². The second-order valence-corrected chi connectivity index (χ2v) is 18.6. The van der Waals surface area contributed by atoms with Crippen molar-refractivity contribution < 1.29 is 69.3 Å². The van der Waals surface area contributed by atoms with Crippen LogP contribution in [0.5, 0.6) is 0 Å². The van der Waals surface area contributed by atoms with E-state index >= 15 is 0 Å². The largest absolute Gasteiger partial charge is 0.481 e. The molecule has 60 heavy (non-hydrogen) atoms. The molecule has 4 saturated carbocycles. The van der Waals surface area contributed by atoms with Crippen LogP contribution in [0, 0.1) is 46.3 Å². The Labute approximate surface area is 351 Å². The lowest BCUT2D eigenvalue weighted by atomic mass is 9.43. The van der Waals surface area contributed by atoms with Gasteiger partial charge in [0.2, 0.25) is 11.8 Å². The molecule has 0 bridgehead atoms. The highest BCUT2D eigenvalue weighted by Gasteiger charge is 2.65. The fourth-order valence-corrected chi connectivity index (χ4v) is 12.0.